The maximum absolute atomic E-state index is 13.4. The number of piperidine rings is 1. The van der Waals surface area contributed by atoms with Crippen molar-refractivity contribution in [3.8, 4) is 17.3 Å². The van der Waals surface area contributed by atoms with Crippen LogP contribution in [0.4, 0.5) is 0 Å². The number of ether oxygens (including phenoxy) is 2. The third kappa shape index (κ3) is 4.46. The predicted molar refractivity (Wildman–Crippen MR) is 143 cm³/mol. The Bertz CT molecular complexity index is 1450. The third-order valence-electron chi connectivity index (χ3n) is 7.56. The van der Waals surface area contributed by atoms with Gasteiger partial charge in [-0.05, 0) is 61.9 Å². The summed E-state index contributed by atoms with van der Waals surface area (Å²) in [5.41, 5.74) is 10.3. The quantitative estimate of drug-likeness (QED) is 0.395. The molecule has 4 aromatic rings. The summed E-state index contributed by atoms with van der Waals surface area (Å²) in [6, 6.07) is 9.97. The first-order valence-electron chi connectivity index (χ1n) is 13.1. The van der Waals surface area contributed by atoms with Crippen LogP contribution in [0.15, 0.2) is 36.5 Å². The van der Waals surface area contributed by atoms with Gasteiger partial charge >= 0.3 is 0 Å². The number of fused-ring (bicyclic) bond motifs is 2. The molecule has 9 nitrogen and oxygen atoms in total. The van der Waals surface area contributed by atoms with E-state index in [1.54, 1.807) is 14.2 Å². The van der Waals surface area contributed by atoms with Gasteiger partial charge in [0.1, 0.15) is 16.9 Å². The highest BCUT2D eigenvalue weighted by Gasteiger charge is 2.28. The first kappa shape index (κ1) is 23.9. The average molecular weight is 503 g/mol. The van der Waals surface area contributed by atoms with Gasteiger partial charge in [0.15, 0.2) is 5.82 Å². The van der Waals surface area contributed by atoms with E-state index in [0.717, 1.165) is 53.0 Å². The third-order valence-corrected chi connectivity index (χ3v) is 7.56. The zero-order valence-corrected chi connectivity index (χ0v) is 21.5. The van der Waals surface area contributed by atoms with Crippen molar-refractivity contribution in [2.45, 2.75) is 44.8 Å². The second-order valence-electron chi connectivity index (χ2n) is 10.3. The smallest absolute Gasteiger partial charge is 0.254 e. The van der Waals surface area contributed by atoms with Gasteiger partial charge in [0.25, 0.3) is 5.91 Å². The van der Waals surface area contributed by atoms with Crippen molar-refractivity contribution in [2.24, 2.45) is 11.7 Å². The van der Waals surface area contributed by atoms with Crippen molar-refractivity contribution in [2.75, 3.05) is 33.9 Å². The van der Waals surface area contributed by atoms with Gasteiger partial charge in [-0.15, -0.1) is 0 Å². The Kier molecular flexibility index (Phi) is 6.34. The predicted octanol–water partition coefficient (Wildman–Crippen LogP) is 3.68. The van der Waals surface area contributed by atoms with E-state index in [0.29, 0.717) is 43.5 Å². The molecule has 3 aromatic heterocycles. The van der Waals surface area contributed by atoms with Crippen molar-refractivity contribution in [3.63, 3.8) is 0 Å². The molecule has 1 amide bonds. The minimum atomic E-state index is -0.0320. The van der Waals surface area contributed by atoms with E-state index in [1.165, 1.54) is 12.8 Å². The highest BCUT2D eigenvalue weighted by atomic mass is 16.5. The van der Waals surface area contributed by atoms with Gasteiger partial charge in [-0.2, -0.15) is 0 Å². The summed E-state index contributed by atoms with van der Waals surface area (Å²) < 4.78 is 15.8. The van der Waals surface area contributed by atoms with Crippen LogP contribution in [0.2, 0.25) is 0 Å². The van der Waals surface area contributed by atoms with Gasteiger partial charge in [0.2, 0.25) is 0 Å². The lowest BCUT2D eigenvalue weighted by Crippen LogP contribution is -2.45. The first-order valence-corrected chi connectivity index (χ1v) is 13.1. The largest absolute Gasteiger partial charge is 0.494 e. The van der Waals surface area contributed by atoms with Crippen molar-refractivity contribution in [1.29, 1.82) is 0 Å². The Hall–Kier alpha value is -3.43. The Morgan fingerprint density at radius 2 is 2.03 bits per heavy atom. The van der Waals surface area contributed by atoms with E-state index in [2.05, 4.69) is 21.3 Å². The maximum atomic E-state index is 13.4. The second-order valence-corrected chi connectivity index (χ2v) is 10.3. The van der Waals surface area contributed by atoms with E-state index in [9.17, 15) is 4.79 Å². The fourth-order valence-corrected chi connectivity index (χ4v) is 5.50. The van der Waals surface area contributed by atoms with Crippen LogP contribution >= 0.6 is 0 Å². The zero-order valence-electron chi connectivity index (χ0n) is 21.5. The molecule has 0 spiro atoms. The summed E-state index contributed by atoms with van der Waals surface area (Å²) in [5, 5.41) is 1.09. The molecular weight excluding hydrogens is 468 g/mol. The monoisotopic (exact) mass is 502 g/mol. The molecule has 0 bridgehead atoms. The van der Waals surface area contributed by atoms with Gasteiger partial charge in [0.05, 0.1) is 24.9 Å². The number of rotatable bonds is 8. The lowest BCUT2D eigenvalue weighted by molar-refractivity contribution is 0.0708. The number of aromatic nitrogens is 4. The van der Waals surface area contributed by atoms with Crippen molar-refractivity contribution >= 4 is 28.0 Å². The van der Waals surface area contributed by atoms with Gasteiger partial charge in [0, 0.05) is 56.5 Å². The van der Waals surface area contributed by atoms with Crippen LogP contribution in [0.5, 0.6) is 5.75 Å². The van der Waals surface area contributed by atoms with Gasteiger partial charge in [-0.25, -0.2) is 9.97 Å². The summed E-state index contributed by atoms with van der Waals surface area (Å²) in [5.74, 6) is 2.09. The number of amides is 1. The maximum Gasteiger partial charge on any atom is 0.254 e. The van der Waals surface area contributed by atoms with Crippen LogP contribution in [0.1, 0.15) is 36.0 Å². The number of hydrogen-bond acceptors (Lipinski definition) is 6. The standard InChI is InChI=1S/C28H34N6O3/c1-36-12-11-33-25-22(13-20(15-24(25)37-2)28(35)32-10-4-6-21(29)17-32)31-27(33)23-14-19-5-3-9-30-26(19)34(23)16-18-7-8-18/h3,5,9,13-15,18,21H,4,6-8,10-12,16-17,29H2,1-2H3. The van der Waals surface area contributed by atoms with Crippen LogP contribution in [0.25, 0.3) is 33.6 Å². The molecule has 1 aromatic carbocycles. The Balaban J connectivity index is 1.51. The van der Waals surface area contributed by atoms with Gasteiger partial charge in [-0.1, -0.05) is 0 Å². The highest BCUT2D eigenvalue weighted by Crippen LogP contribution is 2.38. The Morgan fingerprint density at radius 3 is 2.78 bits per heavy atom. The molecule has 4 heterocycles. The molecule has 1 saturated heterocycles. The zero-order chi connectivity index (χ0) is 25.5. The van der Waals surface area contributed by atoms with E-state index >= 15 is 0 Å². The molecule has 194 valence electrons. The molecule has 1 unspecified atom stereocenters. The Labute approximate surface area is 216 Å². The summed E-state index contributed by atoms with van der Waals surface area (Å²) >= 11 is 0. The number of likely N-dealkylation sites (tertiary alicyclic amines) is 1. The van der Waals surface area contributed by atoms with Crippen molar-refractivity contribution in [1.82, 2.24) is 24.0 Å². The number of methoxy groups -OCH3 is 2. The highest BCUT2D eigenvalue weighted by molar-refractivity contribution is 6.00. The molecule has 0 radical (unpaired) electrons. The van der Waals surface area contributed by atoms with Gasteiger partial charge in [-0.3, -0.25) is 4.79 Å². The van der Waals surface area contributed by atoms with Gasteiger partial charge < -0.3 is 29.2 Å². The molecule has 1 aliphatic carbocycles. The van der Waals surface area contributed by atoms with E-state index in [1.807, 2.05) is 29.3 Å². The fourth-order valence-electron chi connectivity index (χ4n) is 5.50. The number of carbonyl (C=O) groups is 1. The topological polar surface area (TPSA) is 100 Å². The lowest BCUT2D eigenvalue weighted by Gasteiger charge is -2.30. The van der Waals surface area contributed by atoms with Crippen LogP contribution in [0.3, 0.4) is 0 Å². The molecule has 37 heavy (non-hydrogen) atoms. The first-order chi connectivity index (χ1) is 18.1. The normalized spacial score (nSPS) is 18.1. The summed E-state index contributed by atoms with van der Waals surface area (Å²) in [4.78, 5) is 25.1. The summed E-state index contributed by atoms with van der Waals surface area (Å²) in [6.07, 6.45) is 6.19. The number of imidazole rings is 1. The number of benzene rings is 1. The molecule has 1 atom stereocenters. The number of pyridine rings is 1. The molecule has 9 heteroatoms. The van der Waals surface area contributed by atoms with E-state index in [4.69, 9.17) is 25.2 Å². The van der Waals surface area contributed by atoms with Crippen LogP contribution in [-0.2, 0) is 17.8 Å². The molecule has 2 N–H and O–H groups in total. The number of nitrogens with zero attached hydrogens (tertiary/aromatic N) is 5. The van der Waals surface area contributed by atoms with Crippen LogP contribution in [0, 0.1) is 5.92 Å². The van der Waals surface area contributed by atoms with Crippen LogP contribution in [-0.4, -0.2) is 69.9 Å². The summed E-state index contributed by atoms with van der Waals surface area (Å²) in [7, 11) is 3.34. The number of hydrogen-bond donors (Lipinski definition) is 1. The van der Waals surface area contributed by atoms with Crippen molar-refractivity contribution in [3.05, 3.63) is 42.1 Å². The lowest BCUT2D eigenvalue weighted by atomic mass is 10.0. The van der Waals surface area contributed by atoms with E-state index in [-0.39, 0.29) is 11.9 Å². The molecule has 6 rings (SSSR count). The minimum absolute atomic E-state index is 0.0187. The second kappa shape index (κ2) is 9.79. The fraction of sp³-hybridized carbons (Fsp3) is 0.464. The van der Waals surface area contributed by atoms with E-state index < -0.39 is 0 Å². The average Bonchev–Trinajstić information content (AvgIpc) is 3.56. The SMILES string of the molecule is COCCn1c(-c2cc3cccnc3n2CC2CC2)nc2cc(C(=O)N3CCCC(N)C3)cc(OC)c21. The molecular formula is C28H34N6O3. The summed E-state index contributed by atoms with van der Waals surface area (Å²) in [6.45, 7) is 3.33. The van der Waals surface area contributed by atoms with Crippen LogP contribution < -0.4 is 10.5 Å². The molecule has 2 fully saturated rings. The van der Waals surface area contributed by atoms with Crippen molar-refractivity contribution < 1.29 is 14.3 Å². The minimum Gasteiger partial charge on any atom is -0.494 e. The number of nitrogens with two attached hydrogens (primary N) is 1. The molecule has 2 aliphatic rings. The Morgan fingerprint density at radius 1 is 1.16 bits per heavy atom. The number of carbonyl (C=O) groups excluding carboxylic acids is 1. The molecule has 1 aliphatic heterocycles. The molecule has 1 saturated carbocycles.